The zero-order valence-corrected chi connectivity index (χ0v) is 12.4. The maximum atomic E-state index is 10.9. The van der Waals surface area contributed by atoms with Crippen molar-refractivity contribution in [2.75, 3.05) is 5.32 Å². The smallest absolute Gasteiger partial charge is 0.293 e. The molecular formula is C11H7Cl3N2O2S. The van der Waals surface area contributed by atoms with Crippen molar-refractivity contribution in [3.05, 3.63) is 53.6 Å². The summed E-state index contributed by atoms with van der Waals surface area (Å²) in [5.41, 5.74) is 0.209. The Labute approximate surface area is 128 Å². The van der Waals surface area contributed by atoms with Crippen molar-refractivity contribution >= 4 is 57.5 Å². The molecule has 0 unspecified atom stereocenters. The molecule has 0 saturated carbocycles. The van der Waals surface area contributed by atoms with Gasteiger partial charge in [-0.1, -0.05) is 34.8 Å². The zero-order chi connectivity index (χ0) is 14.0. The lowest BCUT2D eigenvalue weighted by Crippen LogP contribution is -2.01. The minimum atomic E-state index is -0.508. The minimum absolute atomic E-state index is 0.114. The number of nitrogens with one attached hydrogen (secondary N) is 1. The normalized spacial score (nSPS) is 10.5. The predicted octanol–water partition coefficient (Wildman–Crippen LogP) is 5.23. The lowest BCUT2D eigenvalue weighted by Gasteiger charge is -2.07. The van der Waals surface area contributed by atoms with Gasteiger partial charge in [-0.3, -0.25) is 10.1 Å². The molecule has 0 radical (unpaired) electrons. The highest BCUT2D eigenvalue weighted by Gasteiger charge is 2.16. The molecule has 0 amide bonds. The van der Waals surface area contributed by atoms with Crippen molar-refractivity contribution in [1.82, 2.24) is 0 Å². The van der Waals surface area contributed by atoms with Gasteiger partial charge in [0.25, 0.3) is 5.69 Å². The molecular weight excluding hydrogens is 331 g/mol. The molecule has 19 heavy (non-hydrogen) atoms. The Balaban J connectivity index is 2.23. The Hall–Kier alpha value is -1.01. The average molecular weight is 338 g/mol. The van der Waals surface area contributed by atoms with Gasteiger partial charge in [-0.05, 0) is 18.2 Å². The van der Waals surface area contributed by atoms with E-state index in [1.807, 2.05) is 6.07 Å². The fourth-order valence-electron chi connectivity index (χ4n) is 1.46. The topological polar surface area (TPSA) is 55.2 Å². The van der Waals surface area contributed by atoms with Crippen molar-refractivity contribution in [2.24, 2.45) is 0 Å². The maximum Gasteiger partial charge on any atom is 0.293 e. The summed E-state index contributed by atoms with van der Waals surface area (Å²) in [5, 5.41) is 14.3. The summed E-state index contributed by atoms with van der Waals surface area (Å²) in [6.07, 6.45) is 0. The van der Waals surface area contributed by atoms with Gasteiger partial charge in [0.1, 0.15) is 5.69 Å². The largest absolute Gasteiger partial charge is 0.375 e. The number of nitro benzene ring substituents is 1. The molecule has 0 saturated heterocycles. The highest BCUT2D eigenvalue weighted by atomic mass is 35.5. The second-order valence-corrected chi connectivity index (χ2v) is 6.21. The van der Waals surface area contributed by atoms with E-state index in [9.17, 15) is 10.1 Å². The first-order valence-electron chi connectivity index (χ1n) is 5.09. The lowest BCUT2D eigenvalue weighted by atomic mass is 10.2. The van der Waals surface area contributed by atoms with Crippen molar-refractivity contribution in [3.63, 3.8) is 0 Å². The van der Waals surface area contributed by atoms with E-state index in [4.69, 9.17) is 34.8 Å². The van der Waals surface area contributed by atoms with E-state index >= 15 is 0 Å². The third-order valence-corrected chi connectivity index (χ3v) is 4.27. The monoisotopic (exact) mass is 336 g/mol. The molecule has 1 N–H and O–H groups in total. The van der Waals surface area contributed by atoms with Crippen molar-refractivity contribution < 1.29 is 4.92 Å². The molecule has 0 aliphatic rings. The van der Waals surface area contributed by atoms with Crippen molar-refractivity contribution in [1.29, 1.82) is 0 Å². The van der Waals surface area contributed by atoms with E-state index in [0.29, 0.717) is 16.6 Å². The Morgan fingerprint density at radius 2 is 1.89 bits per heavy atom. The molecule has 0 fully saturated rings. The van der Waals surface area contributed by atoms with E-state index in [1.54, 1.807) is 6.07 Å². The molecule has 0 aliphatic carbocycles. The first-order chi connectivity index (χ1) is 8.97. The highest BCUT2D eigenvalue weighted by Crippen LogP contribution is 2.34. The number of anilines is 1. The van der Waals surface area contributed by atoms with Gasteiger partial charge in [-0.15, -0.1) is 11.3 Å². The van der Waals surface area contributed by atoms with Crippen molar-refractivity contribution in [3.8, 4) is 0 Å². The predicted molar refractivity (Wildman–Crippen MR) is 79.8 cm³/mol. The number of nitro groups is 1. The Morgan fingerprint density at radius 1 is 1.21 bits per heavy atom. The number of nitrogens with zero attached hydrogens (tertiary/aromatic N) is 1. The van der Waals surface area contributed by atoms with Gasteiger partial charge in [-0.2, -0.15) is 0 Å². The molecule has 1 aromatic heterocycles. The van der Waals surface area contributed by atoms with Crippen LogP contribution in [0.3, 0.4) is 0 Å². The standard InChI is InChI=1S/C11H7Cl3N2O2S/c12-7-3-9(10(16(17)18)4-8(7)13)15-5-6-1-2-11(14)19-6/h1-4,15H,5H2. The second-order valence-electron chi connectivity index (χ2n) is 3.60. The quantitative estimate of drug-likeness (QED) is 0.614. The molecule has 4 nitrogen and oxygen atoms in total. The number of hydrogen-bond acceptors (Lipinski definition) is 4. The maximum absolute atomic E-state index is 10.9. The van der Waals surface area contributed by atoms with Gasteiger partial charge in [-0.25, -0.2) is 0 Å². The zero-order valence-electron chi connectivity index (χ0n) is 9.32. The van der Waals surface area contributed by atoms with Gasteiger partial charge in [0.2, 0.25) is 0 Å². The van der Waals surface area contributed by atoms with Gasteiger partial charge in [0.05, 0.1) is 19.3 Å². The van der Waals surface area contributed by atoms with Crippen LogP contribution in [-0.2, 0) is 6.54 Å². The van der Waals surface area contributed by atoms with Crippen LogP contribution in [0.2, 0.25) is 14.4 Å². The average Bonchev–Trinajstić information content (AvgIpc) is 2.76. The molecule has 0 aliphatic heterocycles. The molecule has 2 aromatic rings. The van der Waals surface area contributed by atoms with E-state index < -0.39 is 4.92 Å². The number of halogens is 3. The number of rotatable bonds is 4. The van der Waals surface area contributed by atoms with Gasteiger partial charge in [0, 0.05) is 17.5 Å². The number of benzene rings is 1. The molecule has 100 valence electrons. The summed E-state index contributed by atoms with van der Waals surface area (Å²) >= 11 is 18.9. The highest BCUT2D eigenvalue weighted by molar-refractivity contribution is 7.16. The van der Waals surface area contributed by atoms with E-state index in [1.165, 1.54) is 23.5 Å². The van der Waals surface area contributed by atoms with Crippen LogP contribution in [0.15, 0.2) is 24.3 Å². The molecule has 1 heterocycles. The fourth-order valence-corrected chi connectivity index (χ4v) is 2.81. The van der Waals surface area contributed by atoms with Gasteiger partial charge >= 0.3 is 0 Å². The second kappa shape index (κ2) is 5.96. The van der Waals surface area contributed by atoms with Crippen LogP contribution < -0.4 is 5.32 Å². The third kappa shape index (κ3) is 3.51. The minimum Gasteiger partial charge on any atom is -0.375 e. The molecule has 0 spiro atoms. The summed E-state index contributed by atoms with van der Waals surface area (Å²) in [6, 6.07) is 6.29. The van der Waals surface area contributed by atoms with Crippen molar-refractivity contribution in [2.45, 2.75) is 6.54 Å². The van der Waals surface area contributed by atoms with Crippen LogP contribution in [0.5, 0.6) is 0 Å². The Bertz CT molecular complexity index is 630. The number of hydrogen-bond donors (Lipinski definition) is 1. The van der Waals surface area contributed by atoms with E-state index in [2.05, 4.69) is 5.32 Å². The molecule has 0 atom stereocenters. The summed E-state index contributed by atoms with van der Waals surface area (Å²) in [6.45, 7) is 0.427. The van der Waals surface area contributed by atoms with Gasteiger partial charge < -0.3 is 5.32 Å². The first kappa shape index (κ1) is 14.4. The van der Waals surface area contributed by atoms with Gasteiger partial charge in [0.15, 0.2) is 0 Å². The van der Waals surface area contributed by atoms with E-state index in [0.717, 1.165) is 4.88 Å². The van der Waals surface area contributed by atoms with Crippen LogP contribution in [-0.4, -0.2) is 4.92 Å². The molecule has 0 bridgehead atoms. The molecule has 8 heteroatoms. The van der Waals surface area contributed by atoms with Crippen LogP contribution in [0.25, 0.3) is 0 Å². The van der Waals surface area contributed by atoms with Crippen LogP contribution in [0.1, 0.15) is 4.88 Å². The molecule has 1 aromatic carbocycles. The first-order valence-corrected chi connectivity index (χ1v) is 7.04. The van der Waals surface area contributed by atoms with E-state index in [-0.39, 0.29) is 15.7 Å². The summed E-state index contributed by atoms with van der Waals surface area (Å²) in [5.74, 6) is 0. The van der Waals surface area contributed by atoms with Crippen LogP contribution in [0, 0.1) is 10.1 Å². The lowest BCUT2D eigenvalue weighted by molar-refractivity contribution is -0.383. The fraction of sp³-hybridized carbons (Fsp3) is 0.0909. The molecule has 2 rings (SSSR count). The Kier molecular flexibility index (Phi) is 4.52. The summed E-state index contributed by atoms with van der Waals surface area (Å²) in [7, 11) is 0. The van der Waals surface area contributed by atoms with Crippen LogP contribution in [0.4, 0.5) is 11.4 Å². The summed E-state index contributed by atoms with van der Waals surface area (Å²) in [4.78, 5) is 11.4. The SMILES string of the molecule is O=[N+]([O-])c1cc(Cl)c(Cl)cc1NCc1ccc(Cl)s1. The van der Waals surface area contributed by atoms with Crippen LogP contribution >= 0.6 is 46.1 Å². The Morgan fingerprint density at radius 3 is 2.47 bits per heavy atom. The number of thiophene rings is 1. The summed E-state index contributed by atoms with van der Waals surface area (Å²) < 4.78 is 0.667. The third-order valence-electron chi connectivity index (χ3n) is 2.32.